The average molecular weight is 359 g/mol. The molecular formula is C17H17N3O2S2. The molecule has 0 radical (unpaired) electrons. The Balaban J connectivity index is 1.52. The zero-order valence-corrected chi connectivity index (χ0v) is 14.5. The fourth-order valence-electron chi connectivity index (χ4n) is 2.25. The van der Waals surface area contributed by atoms with Crippen LogP contribution in [0.5, 0.6) is 0 Å². The smallest absolute Gasteiger partial charge is 0.284 e. The first-order chi connectivity index (χ1) is 11.8. The lowest BCUT2D eigenvalue weighted by Gasteiger charge is -2.02. The number of carbonyl (C=O) groups excluding carboxylic acids is 1. The number of thiophene rings is 1. The second-order valence-corrected chi connectivity index (χ2v) is 7.10. The van der Waals surface area contributed by atoms with E-state index >= 15 is 0 Å². The van der Waals surface area contributed by atoms with Gasteiger partial charge in [-0.25, -0.2) is 10.5 Å². The maximum Gasteiger partial charge on any atom is 0.284 e. The quantitative estimate of drug-likeness (QED) is 0.338. The van der Waals surface area contributed by atoms with Crippen LogP contribution in [0.1, 0.15) is 21.7 Å². The van der Waals surface area contributed by atoms with E-state index in [4.69, 9.17) is 5.21 Å². The molecule has 0 bridgehead atoms. The third kappa shape index (κ3) is 4.19. The van der Waals surface area contributed by atoms with Crippen molar-refractivity contribution in [3.8, 4) is 10.6 Å². The lowest BCUT2D eigenvalue weighted by atomic mass is 10.1. The summed E-state index contributed by atoms with van der Waals surface area (Å²) in [5, 5.41) is 14.8. The van der Waals surface area contributed by atoms with Crippen LogP contribution in [0.3, 0.4) is 0 Å². The van der Waals surface area contributed by atoms with Crippen LogP contribution in [0.15, 0.2) is 47.8 Å². The van der Waals surface area contributed by atoms with Gasteiger partial charge in [-0.1, -0.05) is 30.3 Å². The molecule has 5 nitrogen and oxygen atoms in total. The minimum Gasteiger partial charge on any atom is -0.361 e. The number of rotatable bonds is 7. The number of hydrogen-bond donors (Lipinski definition) is 3. The van der Waals surface area contributed by atoms with E-state index in [1.165, 1.54) is 16.9 Å². The summed E-state index contributed by atoms with van der Waals surface area (Å²) in [6.45, 7) is 0.866. The first-order valence-electron chi connectivity index (χ1n) is 7.54. The molecule has 0 unspecified atom stereocenters. The predicted molar refractivity (Wildman–Crippen MR) is 97.9 cm³/mol. The minimum atomic E-state index is -0.499. The van der Waals surface area contributed by atoms with Crippen molar-refractivity contribution in [3.63, 3.8) is 0 Å². The highest BCUT2D eigenvalue weighted by atomic mass is 32.1. The van der Waals surface area contributed by atoms with Crippen molar-refractivity contribution in [1.82, 2.24) is 10.5 Å². The number of hydroxylamine groups is 1. The number of benzene rings is 1. The Kier molecular flexibility index (Phi) is 5.58. The molecule has 0 aliphatic heterocycles. The van der Waals surface area contributed by atoms with Gasteiger partial charge in [0.1, 0.15) is 0 Å². The van der Waals surface area contributed by atoms with Crippen molar-refractivity contribution in [2.24, 2.45) is 0 Å². The molecule has 0 spiro atoms. The number of aryl methyl sites for hydroxylation is 1. The van der Waals surface area contributed by atoms with Gasteiger partial charge in [-0.05, 0) is 30.5 Å². The van der Waals surface area contributed by atoms with Crippen LogP contribution in [-0.2, 0) is 6.42 Å². The van der Waals surface area contributed by atoms with Gasteiger partial charge in [0.05, 0.1) is 15.4 Å². The number of aromatic nitrogens is 1. The van der Waals surface area contributed by atoms with Crippen LogP contribution in [-0.4, -0.2) is 22.6 Å². The number of carbonyl (C=O) groups is 1. The van der Waals surface area contributed by atoms with E-state index in [0.717, 1.165) is 35.1 Å². The summed E-state index contributed by atoms with van der Waals surface area (Å²) in [5.41, 5.74) is 3.82. The van der Waals surface area contributed by atoms with Crippen LogP contribution in [0.25, 0.3) is 10.6 Å². The molecule has 1 amide bonds. The summed E-state index contributed by atoms with van der Waals surface area (Å²) >= 11 is 2.85. The van der Waals surface area contributed by atoms with Crippen molar-refractivity contribution in [2.75, 3.05) is 11.9 Å². The molecule has 0 saturated heterocycles. The number of amides is 1. The van der Waals surface area contributed by atoms with Gasteiger partial charge in [0.25, 0.3) is 5.91 Å². The molecule has 0 aliphatic rings. The second kappa shape index (κ2) is 8.05. The Morgan fingerprint density at radius 3 is 2.79 bits per heavy atom. The highest BCUT2D eigenvalue weighted by molar-refractivity contribution is 7.18. The highest BCUT2D eigenvalue weighted by Crippen LogP contribution is 2.30. The van der Waals surface area contributed by atoms with Gasteiger partial charge in [-0.3, -0.25) is 10.0 Å². The summed E-state index contributed by atoms with van der Waals surface area (Å²) in [5.74, 6) is -0.499. The van der Waals surface area contributed by atoms with Crippen LogP contribution < -0.4 is 10.8 Å². The SMILES string of the molecule is O=C(NO)c1ccc(-c2csc(NCCCc3ccccc3)n2)s1. The van der Waals surface area contributed by atoms with E-state index in [2.05, 4.69) is 34.6 Å². The third-order valence-electron chi connectivity index (χ3n) is 3.45. The molecule has 7 heteroatoms. The van der Waals surface area contributed by atoms with E-state index in [0.29, 0.717) is 4.88 Å². The minimum absolute atomic E-state index is 0.456. The summed E-state index contributed by atoms with van der Waals surface area (Å²) in [4.78, 5) is 17.3. The Labute approximate surface area is 148 Å². The van der Waals surface area contributed by atoms with E-state index < -0.39 is 5.91 Å². The van der Waals surface area contributed by atoms with Crippen LogP contribution in [0, 0.1) is 0 Å². The number of anilines is 1. The molecule has 0 fully saturated rings. The lowest BCUT2D eigenvalue weighted by molar-refractivity contribution is 0.0711. The van der Waals surface area contributed by atoms with Crippen molar-refractivity contribution in [3.05, 3.63) is 58.3 Å². The second-order valence-electron chi connectivity index (χ2n) is 5.16. The van der Waals surface area contributed by atoms with Crippen LogP contribution in [0.2, 0.25) is 0 Å². The standard InChI is InChI=1S/C17H17N3O2S2/c21-16(20-22)15-9-8-14(24-15)13-11-23-17(19-13)18-10-4-7-12-5-2-1-3-6-12/h1-3,5-6,8-9,11,22H,4,7,10H2,(H,18,19)(H,20,21). The van der Waals surface area contributed by atoms with E-state index in [1.54, 1.807) is 22.9 Å². The Morgan fingerprint density at radius 2 is 2.00 bits per heavy atom. The van der Waals surface area contributed by atoms with Crippen LogP contribution in [0.4, 0.5) is 5.13 Å². The van der Waals surface area contributed by atoms with Crippen molar-refractivity contribution in [2.45, 2.75) is 12.8 Å². The maximum absolute atomic E-state index is 11.4. The van der Waals surface area contributed by atoms with Gasteiger partial charge in [0, 0.05) is 11.9 Å². The van der Waals surface area contributed by atoms with E-state index in [9.17, 15) is 4.79 Å². The fraction of sp³-hybridized carbons (Fsp3) is 0.176. The van der Waals surface area contributed by atoms with Crippen LogP contribution >= 0.6 is 22.7 Å². The predicted octanol–water partition coefficient (Wildman–Crippen LogP) is 4.04. The zero-order valence-electron chi connectivity index (χ0n) is 12.9. The summed E-state index contributed by atoms with van der Waals surface area (Å²) in [6, 6.07) is 13.9. The molecule has 3 N–H and O–H groups in total. The topological polar surface area (TPSA) is 74.2 Å². The Bertz CT molecular complexity index is 799. The first kappa shape index (κ1) is 16.6. The molecule has 0 atom stereocenters. The Hall–Kier alpha value is -2.22. The van der Waals surface area contributed by atoms with E-state index in [1.807, 2.05) is 17.5 Å². The number of hydrogen-bond acceptors (Lipinski definition) is 6. The number of nitrogens with one attached hydrogen (secondary N) is 2. The van der Waals surface area contributed by atoms with Gasteiger partial charge in [0.15, 0.2) is 5.13 Å². The number of thiazole rings is 1. The van der Waals surface area contributed by atoms with Gasteiger partial charge >= 0.3 is 0 Å². The molecule has 2 aromatic heterocycles. The number of nitrogens with zero attached hydrogens (tertiary/aromatic N) is 1. The molecule has 0 aliphatic carbocycles. The molecule has 0 saturated carbocycles. The van der Waals surface area contributed by atoms with Crippen molar-refractivity contribution < 1.29 is 10.0 Å². The summed E-state index contributed by atoms with van der Waals surface area (Å²) in [6.07, 6.45) is 2.08. The molecule has 2 heterocycles. The summed E-state index contributed by atoms with van der Waals surface area (Å²) in [7, 11) is 0. The molecular weight excluding hydrogens is 342 g/mol. The lowest BCUT2D eigenvalue weighted by Crippen LogP contribution is -2.16. The van der Waals surface area contributed by atoms with Gasteiger partial charge < -0.3 is 5.32 Å². The highest BCUT2D eigenvalue weighted by Gasteiger charge is 2.11. The zero-order chi connectivity index (χ0) is 16.8. The van der Waals surface area contributed by atoms with E-state index in [-0.39, 0.29) is 0 Å². The average Bonchev–Trinajstić information content (AvgIpc) is 3.28. The monoisotopic (exact) mass is 359 g/mol. The Morgan fingerprint density at radius 1 is 1.17 bits per heavy atom. The summed E-state index contributed by atoms with van der Waals surface area (Å²) < 4.78 is 0. The van der Waals surface area contributed by atoms with Crippen molar-refractivity contribution >= 4 is 33.7 Å². The third-order valence-corrected chi connectivity index (χ3v) is 5.36. The fourth-order valence-corrected chi connectivity index (χ4v) is 3.92. The molecule has 3 aromatic rings. The molecule has 3 rings (SSSR count). The normalized spacial score (nSPS) is 10.5. The molecule has 24 heavy (non-hydrogen) atoms. The largest absolute Gasteiger partial charge is 0.361 e. The van der Waals surface area contributed by atoms with Gasteiger partial charge in [-0.15, -0.1) is 22.7 Å². The first-order valence-corrected chi connectivity index (χ1v) is 9.24. The van der Waals surface area contributed by atoms with Gasteiger partial charge in [-0.2, -0.15) is 0 Å². The van der Waals surface area contributed by atoms with Gasteiger partial charge in [0.2, 0.25) is 0 Å². The molecule has 124 valence electrons. The van der Waals surface area contributed by atoms with Crippen molar-refractivity contribution in [1.29, 1.82) is 0 Å². The maximum atomic E-state index is 11.4. The molecule has 1 aromatic carbocycles.